The normalized spacial score (nSPS) is 13.1. The Morgan fingerprint density at radius 2 is 1.96 bits per heavy atom. The molecule has 0 saturated heterocycles. The van der Waals surface area contributed by atoms with Gasteiger partial charge in [-0.2, -0.15) is 13.2 Å². The van der Waals surface area contributed by atoms with Crippen LogP contribution in [0.15, 0.2) is 35.7 Å². The van der Waals surface area contributed by atoms with Gasteiger partial charge in [0.15, 0.2) is 5.69 Å². The maximum Gasteiger partial charge on any atom is 0.434 e. The first-order chi connectivity index (χ1) is 10.8. The molecule has 4 nitrogen and oxygen atoms in total. The molecule has 0 saturated carbocycles. The van der Waals surface area contributed by atoms with Crippen LogP contribution in [0.5, 0.6) is 0 Å². The highest BCUT2D eigenvalue weighted by molar-refractivity contribution is 7.09. The third-order valence-corrected chi connectivity index (χ3v) is 3.98. The van der Waals surface area contributed by atoms with Crippen molar-refractivity contribution in [1.82, 2.24) is 15.2 Å². The lowest BCUT2D eigenvalue weighted by Gasteiger charge is -2.23. The summed E-state index contributed by atoms with van der Waals surface area (Å²) in [6, 6.07) is 8.65. The Labute approximate surface area is 136 Å². The van der Waals surface area contributed by atoms with Gasteiger partial charge < -0.3 is 5.32 Å². The number of nitrogens with zero attached hydrogens (tertiary/aromatic N) is 2. The van der Waals surface area contributed by atoms with Gasteiger partial charge >= 0.3 is 6.18 Å². The number of hydrogen-bond donors (Lipinski definition) is 1. The van der Waals surface area contributed by atoms with E-state index in [2.05, 4.69) is 10.3 Å². The molecular formula is C15H16F3N3OS. The molecule has 23 heavy (non-hydrogen) atoms. The Bertz CT molecular complexity index is 655. The van der Waals surface area contributed by atoms with Crippen LogP contribution in [0.3, 0.4) is 0 Å². The number of hydrogen-bond acceptors (Lipinski definition) is 4. The number of halogens is 3. The molecule has 1 atom stereocenters. The van der Waals surface area contributed by atoms with Crippen LogP contribution in [0, 0.1) is 0 Å². The second kappa shape index (κ2) is 7.10. The number of carbonyl (C=O) groups is 1. The van der Waals surface area contributed by atoms with Crippen LogP contribution in [-0.4, -0.2) is 29.9 Å². The number of carbonyl (C=O) groups excluding carboxylic acids is 1. The molecule has 0 fully saturated rings. The molecular weight excluding hydrogens is 327 g/mol. The van der Waals surface area contributed by atoms with Crippen LogP contribution >= 0.6 is 11.3 Å². The maximum absolute atomic E-state index is 12.5. The van der Waals surface area contributed by atoms with Gasteiger partial charge in [-0.25, -0.2) is 4.98 Å². The summed E-state index contributed by atoms with van der Waals surface area (Å²) in [5.74, 6) is -0.287. The van der Waals surface area contributed by atoms with Crippen molar-refractivity contribution in [2.45, 2.75) is 18.8 Å². The topological polar surface area (TPSA) is 45.2 Å². The van der Waals surface area contributed by atoms with E-state index in [0.717, 1.165) is 22.3 Å². The summed E-state index contributed by atoms with van der Waals surface area (Å²) in [6.07, 6.45) is -4.46. The zero-order valence-corrected chi connectivity index (χ0v) is 13.4. The van der Waals surface area contributed by atoms with Crippen molar-refractivity contribution >= 4 is 17.2 Å². The maximum atomic E-state index is 12.5. The average Bonchev–Trinajstić information content (AvgIpc) is 2.95. The monoisotopic (exact) mass is 343 g/mol. The van der Waals surface area contributed by atoms with E-state index in [0.29, 0.717) is 0 Å². The Morgan fingerprint density at radius 1 is 1.30 bits per heavy atom. The van der Waals surface area contributed by atoms with Crippen LogP contribution in [-0.2, 0) is 17.5 Å². The van der Waals surface area contributed by atoms with E-state index in [4.69, 9.17) is 0 Å². The molecule has 124 valence electrons. The first-order valence-electron chi connectivity index (χ1n) is 6.79. The summed E-state index contributed by atoms with van der Waals surface area (Å²) in [5.41, 5.74) is -0.121. The summed E-state index contributed by atoms with van der Waals surface area (Å²) < 4.78 is 37.5. The highest BCUT2D eigenvalue weighted by Crippen LogP contribution is 2.30. The standard InChI is InChI=1S/C15H16F3N3OS/c1-21(2)13(10-6-4-3-5-7-10)14(22)19-8-12-20-11(9-23-12)15(16,17)18/h3-7,9,13H,8H2,1-2H3,(H,19,22)/t13-/m0/s1. The fourth-order valence-electron chi connectivity index (χ4n) is 2.10. The van der Waals surface area contributed by atoms with Gasteiger partial charge in [0.25, 0.3) is 0 Å². The van der Waals surface area contributed by atoms with E-state index >= 15 is 0 Å². The lowest BCUT2D eigenvalue weighted by molar-refractivity contribution is -0.140. The van der Waals surface area contributed by atoms with E-state index in [1.165, 1.54) is 0 Å². The van der Waals surface area contributed by atoms with Crippen molar-refractivity contribution in [2.75, 3.05) is 14.1 Å². The molecule has 0 spiro atoms. The summed E-state index contributed by atoms with van der Waals surface area (Å²) in [7, 11) is 3.53. The molecule has 0 unspecified atom stereocenters. The van der Waals surface area contributed by atoms with Crippen molar-refractivity contribution in [3.05, 3.63) is 52.0 Å². The van der Waals surface area contributed by atoms with E-state index in [1.807, 2.05) is 30.3 Å². The molecule has 1 N–H and O–H groups in total. The number of likely N-dealkylation sites (N-methyl/N-ethyl adjacent to an activating group) is 1. The molecule has 1 heterocycles. The highest BCUT2D eigenvalue weighted by Gasteiger charge is 2.33. The highest BCUT2D eigenvalue weighted by atomic mass is 32.1. The van der Waals surface area contributed by atoms with Gasteiger partial charge in [0.05, 0.1) is 6.54 Å². The minimum Gasteiger partial charge on any atom is -0.348 e. The van der Waals surface area contributed by atoms with E-state index in [-0.39, 0.29) is 17.5 Å². The van der Waals surface area contributed by atoms with Crippen molar-refractivity contribution < 1.29 is 18.0 Å². The van der Waals surface area contributed by atoms with E-state index in [1.54, 1.807) is 19.0 Å². The van der Waals surface area contributed by atoms with Gasteiger partial charge in [-0.05, 0) is 19.7 Å². The molecule has 2 rings (SSSR count). The molecule has 2 aromatic rings. The predicted octanol–water partition coefficient (Wildman–Crippen LogP) is 3.08. The molecule has 1 aromatic heterocycles. The minimum atomic E-state index is -4.46. The van der Waals surface area contributed by atoms with Crippen LogP contribution in [0.4, 0.5) is 13.2 Å². The van der Waals surface area contributed by atoms with Crippen LogP contribution in [0.2, 0.25) is 0 Å². The predicted molar refractivity (Wildman–Crippen MR) is 81.8 cm³/mol. The van der Waals surface area contributed by atoms with E-state index < -0.39 is 17.9 Å². The number of aromatic nitrogens is 1. The van der Waals surface area contributed by atoms with Crippen LogP contribution in [0.25, 0.3) is 0 Å². The van der Waals surface area contributed by atoms with Crippen LogP contribution < -0.4 is 5.32 Å². The molecule has 0 aliphatic carbocycles. The van der Waals surface area contributed by atoms with Crippen molar-refractivity contribution in [3.63, 3.8) is 0 Å². The first kappa shape index (κ1) is 17.4. The van der Waals surface area contributed by atoms with Crippen molar-refractivity contribution in [1.29, 1.82) is 0 Å². The Hall–Kier alpha value is -1.93. The summed E-state index contributed by atoms with van der Waals surface area (Å²) in [4.78, 5) is 17.6. The van der Waals surface area contributed by atoms with Crippen molar-refractivity contribution in [2.24, 2.45) is 0 Å². The molecule has 0 aliphatic rings. The number of nitrogens with one attached hydrogen (secondary N) is 1. The smallest absolute Gasteiger partial charge is 0.348 e. The van der Waals surface area contributed by atoms with Gasteiger partial charge in [-0.1, -0.05) is 30.3 Å². The zero-order valence-electron chi connectivity index (χ0n) is 12.6. The minimum absolute atomic E-state index is 0.0310. The summed E-state index contributed by atoms with van der Waals surface area (Å²) in [5, 5.41) is 3.81. The molecule has 1 aromatic carbocycles. The van der Waals surface area contributed by atoms with Gasteiger partial charge in [-0.3, -0.25) is 9.69 Å². The van der Waals surface area contributed by atoms with Gasteiger partial charge in [0.2, 0.25) is 5.91 Å². The molecule has 1 amide bonds. The van der Waals surface area contributed by atoms with Gasteiger partial charge in [0.1, 0.15) is 11.0 Å². The average molecular weight is 343 g/mol. The third kappa shape index (κ3) is 4.52. The number of amides is 1. The molecule has 0 radical (unpaired) electrons. The fraction of sp³-hybridized carbons (Fsp3) is 0.333. The summed E-state index contributed by atoms with van der Waals surface area (Å²) >= 11 is 0.875. The Balaban J connectivity index is 2.04. The van der Waals surface area contributed by atoms with E-state index in [9.17, 15) is 18.0 Å². The lowest BCUT2D eigenvalue weighted by atomic mass is 10.1. The number of rotatable bonds is 5. The number of thiazole rings is 1. The van der Waals surface area contributed by atoms with Gasteiger partial charge in [-0.15, -0.1) is 11.3 Å². The fourth-order valence-corrected chi connectivity index (χ4v) is 2.84. The molecule has 0 bridgehead atoms. The van der Waals surface area contributed by atoms with Gasteiger partial charge in [0, 0.05) is 5.38 Å². The van der Waals surface area contributed by atoms with Crippen molar-refractivity contribution in [3.8, 4) is 0 Å². The molecule has 8 heteroatoms. The lowest BCUT2D eigenvalue weighted by Crippen LogP contribution is -2.36. The first-order valence-corrected chi connectivity index (χ1v) is 7.67. The Kier molecular flexibility index (Phi) is 5.38. The number of alkyl halides is 3. The summed E-state index contributed by atoms with van der Waals surface area (Å²) in [6.45, 7) is -0.0310. The second-order valence-electron chi connectivity index (χ2n) is 5.12. The number of benzene rings is 1. The quantitative estimate of drug-likeness (QED) is 0.907. The largest absolute Gasteiger partial charge is 0.434 e. The zero-order chi connectivity index (χ0) is 17.0. The molecule has 0 aliphatic heterocycles. The Morgan fingerprint density at radius 3 is 2.48 bits per heavy atom. The SMILES string of the molecule is CN(C)[C@H](C(=O)NCc1nc(C(F)(F)F)cs1)c1ccccc1. The van der Waals surface area contributed by atoms with Crippen LogP contribution in [0.1, 0.15) is 22.3 Å². The second-order valence-corrected chi connectivity index (χ2v) is 6.06. The third-order valence-electron chi connectivity index (χ3n) is 3.14.